The zero-order valence-corrected chi connectivity index (χ0v) is 8.47. The van der Waals surface area contributed by atoms with Crippen LogP contribution in [0.4, 0.5) is 5.13 Å². The van der Waals surface area contributed by atoms with E-state index in [9.17, 15) is 4.79 Å². The van der Waals surface area contributed by atoms with Crippen molar-refractivity contribution < 1.29 is 4.79 Å². The number of aromatic nitrogens is 2. The Morgan fingerprint density at radius 1 is 1.86 bits per heavy atom. The first kappa shape index (κ1) is 10.6. The number of carbonyl (C=O) groups is 1. The number of amides is 1. The van der Waals surface area contributed by atoms with Crippen LogP contribution in [0, 0.1) is 19.3 Å². The maximum atomic E-state index is 11.3. The van der Waals surface area contributed by atoms with Crippen LogP contribution in [0.2, 0.25) is 0 Å². The molecule has 1 rings (SSSR count). The number of hydrogen-bond acceptors (Lipinski definition) is 5. The molecular formula is C8H10N4OS. The Labute approximate surface area is 85.9 Å². The van der Waals surface area contributed by atoms with Crippen LogP contribution in [0.1, 0.15) is 12.2 Å². The number of carbonyl (C=O) groups excluding carboxylic acids is 1. The van der Waals surface area contributed by atoms with E-state index in [1.807, 2.05) is 0 Å². The van der Waals surface area contributed by atoms with Crippen molar-refractivity contribution in [2.75, 3.05) is 5.32 Å². The average molecular weight is 210 g/mol. The van der Waals surface area contributed by atoms with Crippen LogP contribution in [0.25, 0.3) is 0 Å². The van der Waals surface area contributed by atoms with E-state index in [0.29, 0.717) is 11.0 Å². The molecule has 0 spiro atoms. The fraction of sp³-hybridized carbons (Fsp3) is 0.375. The summed E-state index contributed by atoms with van der Waals surface area (Å²) in [7, 11) is 0. The molecule has 0 aromatic carbocycles. The molecule has 0 radical (unpaired) electrons. The number of hydrogen-bond donors (Lipinski definition) is 2. The standard InChI is InChI=1S/C8H10N4OS/c1-3-4-6(9)7(13)11-8-10-5(2)12-14-8/h1,6H,4,9H2,2H3,(H,10,11,12,13). The third kappa shape index (κ3) is 2.80. The number of nitrogens with two attached hydrogens (primary N) is 1. The monoisotopic (exact) mass is 210 g/mol. The number of anilines is 1. The van der Waals surface area contributed by atoms with Crippen LogP contribution < -0.4 is 11.1 Å². The highest BCUT2D eigenvalue weighted by atomic mass is 32.1. The minimum Gasteiger partial charge on any atom is -0.319 e. The lowest BCUT2D eigenvalue weighted by Gasteiger charge is -2.05. The van der Waals surface area contributed by atoms with E-state index in [4.69, 9.17) is 12.2 Å². The van der Waals surface area contributed by atoms with E-state index in [1.165, 1.54) is 0 Å². The van der Waals surface area contributed by atoms with Gasteiger partial charge in [0.2, 0.25) is 11.0 Å². The van der Waals surface area contributed by atoms with Crippen LogP contribution in [-0.2, 0) is 4.79 Å². The summed E-state index contributed by atoms with van der Waals surface area (Å²) in [6.07, 6.45) is 5.24. The Kier molecular flexibility index (Phi) is 3.56. The Morgan fingerprint density at radius 3 is 3.07 bits per heavy atom. The maximum absolute atomic E-state index is 11.3. The van der Waals surface area contributed by atoms with Gasteiger partial charge >= 0.3 is 0 Å². The van der Waals surface area contributed by atoms with Gasteiger partial charge in [-0.05, 0) is 6.92 Å². The highest BCUT2D eigenvalue weighted by molar-refractivity contribution is 7.09. The lowest BCUT2D eigenvalue weighted by atomic mass is 10.2. The molecule has 14 heavy (non-hydrogen) atoms. The lowest BCUT2D eigenvalue weighted by Crippen LogP contribution is -2.35. The van der Waals surface area contributed by atoms with Crippen molar-refractivity contribution in [1.29, 1.82) is 0 Å². The molecule has 0 bridgehead atoms. The predicted octanol–water partition coefficient (Wildman–Crippen LogP) is 0.136. The smallest absolute Gasteiger partial charge is 0.244 e. The summed E-state index contributed by atoms with van der Waals surface area (Å²) in [4.78, 5) is 15.3. The molecule has 1 amide bonds. The fourth-order valence-corrected chi connectivity index (χ4v) is 1.34. The second-order valence-corrected chi connectivity index (χ2v) is 3.40. The molecule has 0 saturated heterocycles. The molecule has 1 heterocycles. The van der Waals surface area contributed by atoms with Gasteiger partial charge < -0.3 is 5.73 Å². The van der Waals surface area contributed by atoms with Gasteiger partial charge in [0.25, 0.3) is 0 Å². The van der Waals surface area contributed by atoms with Gasteiger partial charge in [0.1, 0.15) is 5.82 Å². The van der Waals surface area contributed by atoms with E-state index < -0.39 is 6.04 Å². The summed E-state index contributed by atoms with van der Waals surface area (Å²) in [6, 6.07) is -0.691. The molecule has 6 heteroatoms. The minimum absolute atomic E-state index is 0.212. The molecule has 1 unspecified atom stereocenters. The molecule has 0 saturated carbocycles. The van der Waals surface area contributed by atoms with Gasteiger partial charge in [-0.15, -0.1) is 12.3 Å². The summed E-state index contributed by atoms with van der Waals surface area (Å²) in [5, 5.41) is 2.98. The molecule has 1 aromatic heterocycles. The van der Waals surface area contributed by atoms with Crippen molar-refractivity contribution >= 4 is 22.6 Å². The predicted molar refractivity (Wildman–Crippen MR) is 54.7 cm³/mol. The van der Waals surface area contributed by atoms with Gasteiger partial charge in [-0.25, -0.2) is 4.98 Å². The summed E-state index contributed by atoms with van der Waals surface area (Å²) in [5.74, 6) is 2.61. The first-order chi connectivity index (χ1) is 6.63. The molecule has 1 aromatic rings. The molecule has 0 fully saturated rings. The highest BCUT2D eigenvalue weighted by Crippen LogP contribution is 2.10. The van der Waals surface area contributed by atoms with Crippen LogP contribution >= 0.6 is 11.5 Å². The zero-order chi connectivity index (χ0) is 10.6. The van der Waals surface area contributed by atoms with E-state index in [-0.39, 0.29) is 12.3 Å². The van der Waals surface area contributed by atoms with Gasteiger partial charge in [0, 0.05) is 18.0 Å². The van der Waals surface area contributed by atoms with Gasteiger partial charge in [0.15, 0.2) is 0 Å². The Bertz CT molecular complexity index is 368. The number of terminal acetylenes is 1. The van der Waals surface area contributed by atoms with E-state index in [0.717, 1.165) is 11.5 Å². The normalized spacial score (nSPS) is 11.8. The average Bonchev–Trinajstić information content (AvgIpc) is 2.51. The third-order valence-corrected chi connectivity index (χ3v) is 2.15. The van der Waals surface area contributed by atoms with Crippen molar-refractivity contribution in [3.05, 3.63) is 5.82 Å². The third-order valence-electron chi connectivity index (χ3n) is 1.43. The minimum atomic E-state index is -0.691. The van der Waals surface area contributed by atoms with Crippen molar-refractivity contribution in [2.45, 2.75) is 19.4 Å². The lowest BCUT2D eigenvalue weighted by molar-refractivity contribution is -0.117. The van der Waals surface area contributed by atoms with E-state index >= 15 is 0 Å². The first-order valence-corrected chi connectivity index (χ1v) is 4.71. The Hall–Kier alpha value is -1.45. The summed E-state index contributed by atoms with van der Waals surface area (Å²) < 4.78 is 3.91. The fourth-order valence-electron chi connectivity index (χ4n) is 0.766. The number of nitrogens with zero attached hydrogens (tertiary/aromatic N) is 2. The van der Waals surface area contributed by atoms with Gasteiger partial charge in [-0.1, -0.05) is 0 Å². The molecular weight excluding hydrogens is 200 g/mol. The molecule has 0 aliphatic heterocycles. The van der Waals surface area contributed by atoms with Crippen LogP contribution in [0.15, 0.2) is 0 Å². The molecule has 74 valence electrons. The van der Waals surface area contributed by atoms with E-state index in [1.54, 1.807) is 6.92 Å². The first-order valence-electron chi connectivity index (χ1n) is 3.93. The van der Waals surface area contributed by atoms with Crippen molar-refractivity contribution in [3.8, 4) is 12.3 Å². The van der Waals surface area contributed by atoms with Crippen molar-refractivity contribution in [1.82, 2.24) is 9.36 Å². The van der Waals surface area contributed by atoms with Crippen LogP contribution in [0.5, 0.6) is 0 Å². The SMILES string of the molecule is C#CCC(N)C(=O)Nc1nc(C)ns1. The Balaban J connectivity index is 2.53. The van der Waals surface area contributed by atoms with Crippen molar-refractivity contribution in [2.24, 2.45) is 5.73 Å². The number of nitrogens with one attached hydrogen (secondary N) is 1. The van der Waals surface area contributed by atoms with Crippen molar-refractivity contribution in [3.63, 3.8) is 0 Å². The highest BCUT2D eigenvalue weighted by Gasteiger charge is 2.13. The van der Waals surface area contributed by atoms with Gasteiger partial charge in [0.05, 0.1) is 6.04 Å². The topological polar surface area (TPSA) is 80.9 Å². The molecule has 0 aliphatic carbocycles. The largest absolute Gasteiger partial charge is 0.319 e. The number of aryl methyl sites for hydroxylation is 1. The van der Waals surface area contributed by atoms with Gasteiger partial charge in [-0.3, -0.25) is 10.1 Å². The second-order valence-electron chi connectivity index (χ2n) is 2.65. The second kappa shape index (κ2) is 4.69. The summed E-state index contributed by atoms with van der Waals surface area (Å²) in [5.41, 5.74) is 5.48. The Morgan fingerprint density at radius 2 is 2.57 bits per heavy atom. The maximum Gasteiger partial charge on any atom is 0.244 e. The quantitative estimate of drug-likeness (QED) is 0.695. The van der Waals surface area contributed by atoms with Crippen LogP contribution in [0.3, 0.4) is 0 Å². The molecule has 5 nitrogen and oxygen atoms in total. The summed E-state index contributed by atoms with van der Waals surface area (Å²) in [6.45, 7) is 1.74. The van der Waals surface area contributed by atoms with E-state index in [2.05, 4.69) is 20.6 Å². The summed E-state index contributed by atoms with van der Waals surface area (Å²) >= 11 is 1.11. The number of rotatable bonds is 3. The molecule has 1 atom stereocenters. The molecule has 0 aliphatic rings. The molecule has 3 N–H and O–H groups in total. The zero-order valence-electron chi connectivity index (χ0n) is 7.65. The van der Waals surface area contributed by atoms with Gasteiger partial charge in [-0.2, -0.15) is 4.37 Å². The van der Waals surface area contributed by atoms with Crippen LogP contribution in [-0.4, -0.2) is 21.3 Å².